The molecule has 1 aromatic rings. The Hall–Kier alpha value is -0.830. The molecule has 0 spiro atoms. The van der Waals surface area contributed by atoms with Crippen molar-refractivity contribution in [2.75, 3.05) is 0 Å². The van der Waals surface area contributed by atoms with Crippen LogP contribution in [-0.4, -0.2) is 15.8 Å². The smallest absolute Gasteiger partial charge is 0.0630 e. The van der Waals surface area contributed by atoms with E-state index in [1.54, 1.807) is 0 Å². The third kappa shape index (κ3) is 1.61. The van der Waals surface area contributed by atoms with E-state index >= 15 is 0 Å². The van der Waals surface area contributed by atoms with Gasteiger partial charge in [-0.15, -0.1) is 0 Å². The van der Waals surface area contributed by atoms with Gasteiger partial charge in [0.15, 0.2) is 0 Å². The molecule has 1 unspecified atom stereocenters. The first-order chi connectivity index (χ1) is 6.12. The maximum atomic E-state index is 5.95. The second kappa shape index (κ2) is 2.84. The molecule has 1 saturated carbocycles. The second-order valence-corrected chi connectivity index (χ2v) is 4.31. The molecule has 3 nitrogen and oxygen atoms in total. The Morgan fingerprint density at radius 3 is 2.77 bits per heavy atom. The summed E-state index contributed by atoms with van der Waals surface area (Å²) in [4.78, 5) is 0. The van der Waals surface area contributed by atoms with Gasteiger partial charge >= 0.3 is 0 Å². The van der Waals surface area contributed by atoms with Gasteiger partial charge in [-0.25, -0.2) is 0 Å². The molecule has 1 atom stereocenters. The number of aryl methyl sites for hydroxylation is 1. The van der Waals surface area contributed by atoms with Crippen LogP contribution in [0.25, 0.3) is 0 Å². The lowest BCUT2D eigenvalue weighted by Crippen LogP contribution is -2.29. The van der Waals surface area contributed by atoms with Crippen LogP contribution in [0, 0.1) is 5.41 Å². The molecular formula is C10H17N3. The lowest BCUT2D eigenvalue weighted by atomic mass is 9.93. The first-order valence-corrected chi connectivity index (χ1v) is 4.86. The summed E-state index contributed by atoms with van der Waals surface area (Å²) in [5.41, 5.74) is 7.50. The fourth-order valence-corrected chi connectivity index (χ4v) is 1.87. The number of nitrogens with zero attached hydrogens (tertiary/aromatic N) is 2. The Bertz CT molecular complexity index is 297. The van der Waals surface area contributed by atoms with E-state index in [2.05, 4.69) is 18.1 Å². The molecule has 2 rings (SSSR count). The number of rotatable bonds is 3. The van der Waals surface area contributed by atoms with Crippen molar-refractivity contribution in [1.82, 2.24) is 9.78 Å². The number of nitrogens with two attached hydrogens (primary N) is 1. The fraction of sp³-hybridized carbons (Fsp3) is 0.700. The van der Waals surface area contributed by atoms with Crippen molar-refractivity contribution in [2.45, 2.75) is 32.2 Å². The fourth-order valence-electron chi connectivity index (χ4n) is 1.87. The molecule has 1 aliphatic rings. The summed E-state index contributed by atoms with van der Waals surface area (Å²) in [6, 6.07) is 2.39. The van der Waals surface area contributed by atoms with E-state index in [9.17, 15) is 0 Å². The molecule has 1 aromatic heterocycles. The molecule has 1 fully saturated rings. The van der Waals surface area contributed by atoms with Crippen LogP contribution < -0.4 is 5.73 Å². The minimum Gasteiger partial charge on any atom is -0.327 e. The summed E-state index contributed by atoms with van der Waals surface area (Å²) in [5.74, 6) is 0. The van der Waals surface area contributed by atoms with Crippen molar-refractivity contribution in [3.8, 4) is 0 Å². The van der Waals surface area contributed by atoms with E-state index < -0.39 is 0 Å². The lowest BCUT2D eigenvalue weighted by Gasteiger charge is -2.17. The molecule has 0 bridgehead atoms. The van der Waals surface area contributed by atoms with Crippen molar-refractivity contribution < 1.29 is 0 Å². The van der Waals surface area contributed by atoms with Gasteiger partial charge in [-0.1, -0.05) is 0 Å². The number of hydrogen-bond donors (Lipinski definition) is 1. The van der Waals surface area contributed by atoms with Gasteiger partial charge in [0, 0.05) is 19.3 Å². The predicted molar refractivity (Wildman–Crippen MR) is 52.2 cm³/mol. The maximum absolute atomic E-state index is 5.95. The Balaban J connectivity index is 2.06. The highest BCUT2D eigenvalue weighted by Crippen LogP contribution is 2.50. The summed E-state index contributed by atoms with van der Waals surface area (Å²) in [6.07, 6.45) is 5.57. The first kappa shape index (κ1) is 8.75. The van der Waals surface area contributed by atoms with Crippen LogP contribution in [-0.2, 0) is 13.5 Å². The third-order valence-electron chi connectivity index (χ3n) is 3.16. The van der Waals surface area contributed by atoms with Crippen molar-refractivity contribution >= 4 is 0 Å². The quantitative estimate of drug-likeness (QED) is 0.755. The van der Waals surface area contributed by atoms with Gasteiger partial charge in [-0.3, -0.25) is 4.68 Å². The van der Waals surface area contributed by atoms with Gasteiger partial charge in [0.2, 0.25) is 0 Å². The highest BCUT2D eigenvalue weighted by atomic mass is 15.2. The van der Waals surface area contributed by atoms with Gasteiger partial charge in [0.25, 0.3) is 0 Å². The zero-order valence-corrected chi connectivity index (χ0v) is 8.33. The van der Waals surface area contributed by atoms with Crippen molar-refractivity contribution in [3.63, 3.8) is 0 Å². The summed E-state index contributed by atoms with van der Waals surface area (Å²) in [5, 5.41) is 4.38. The van der Waals surface area contributed by atoms with E-state index in [1.165, 1.54) is 18.5 Å². The van der Waals surface area contributed by atoms with Crippen LogP contribution >= 0.6 is 0 Å². The van der Waals surface area contributed by atoms with Crippen LogP contribution in [0.1, 0.15) is 25.5 Å². The monoisotopic (exact) mass is 179 g/mol. The second-order valence-electron chi connectivity index (χ2n) is 4.31. The zero-order chi connectivity index (χ0) is 9.47. The van der Waals surface area contributed by atoms with E-state index in [-0.39, 0.29) is 0 Å². The van der Waals surface area contributed by atoms with E-state index in [4.69, 9.17) is 5.73 Å². The van der Waals surface area contributed by atoms with E-state index in [0.717, 1.165) is 6.42 Å². The van der Waals surface area contributed by atoms with Gasteiger partial charge in [0.05, 0.1) is 5.69 Å². The Morgan fingerprint density at radius 1 is 1.69 bits per heavy atom. The molecule has 0 saturated heterocycles. The molecule has 0 amide bonds. The SMILES string of the molecule is CC(N)C1(Cc2ccn(C)n2)CC1. The third-order valence-corrected chi connectivity index (χ3v) is 3.16. The first-order valence-electron chi connectivity index (χ1n) is 4.86. The Labute approximate surface area is 78.9 Å². The topological polar surface area (TPSA) is 43.8 Å². The largest absolute Gasteiger partial charge is 0.327 e. The maximum Gasteiger partial charge on any atom is 0.0630 e. The number of hydrogen-bond acceptors (Lipinski definition) is 2. The summed E-state index contributed by atoms with van der Waals surface area (Å²) >= 11 is 0. The average molecular weight is 179 g/mol. The van der Waals surface area contributed by atoms with Crippen LogP contribution in [0.3, 0.4) is 0 Å². The summed E-state index contributed by atoms with van der Waals surface area (Å²) in [6.45, 7) is 2.11. The highest BCUT2D eigenvalue weighted by molar-refractivity contribution is 5.10. The van der Waals surface area contributed by atoms with Crippen LogP contribution in [0.5, 0.6) is 0 Å². The Kier molecular flexibility index (Phi) is 1.91. The normalized spacial score (nSPS) is 21.5. The Morgan fingerprint density at radius 2 is 2.38 bits per heavy atom. The van der Waals surface area contributed by atoms with E-state index in [1.807, 2.05) is 17.9 Å². The molecule has 1 aliphatic carbocycles. The average Bonchev–Trinajstić information content (AvgIpc) is 2.72. The highest BCUT2D eigenvalue weighted by Gasteiger charge is 2.46. The zero-order valence-electron chi connectivity index (χ0n) is 8.33. The molecule has 3 heteroatoms. The molecule has 13 heavy (non-hydrogen) atoms. The molecule has 2 N–H and O–H groups in total. The van der Waals surface area contributed by atoms with Crippen LogP contribution in [0.15, 0.2) is 12.3 Å². The molecule has 0 aromatic carbocycles. The predicted octanol–water partition coefficient (Wildman–Crippen LogP) is 1.09. The summed E-state index contributed by atoms with van der Waals surface area (Å²) in [7, 11) is 1.95. The van der Waals surface area contributed by atoms with Gasteiger partial charge in [-0.05, 0) is 37.7 Å². The lowest BCUT2D eigenvalue weighted by molar-refractivity contribution is 0.413. The molecule has 0 aliphatic heterocycles. The van der Waals surface area contributed by atoms with Crippen LogP contribution in [0.2, 0.25) is 0 Å². The van der Waals surface area contributed by atoms with Crippen molar-refractivity contribution in [3.05, 3.63) is 18.0 Å². The summed E-state index contributed by atoms with van der Waals surface area (Å²) < 4.78 is 1.85. The van der Waals surface area contributed by atoms with Crippen molar-refractivity contribution in [1.29, 1.82) is 0 Å². The van der Waals surface area contributed by atoms with E-state index in [0.29, 0.717) is 11.5 Å². The molecule has 1 heterocycles. The van der Waals surface area contributed by atoms with Crippen LogP contribution in [0.4, 0.5) is 0 Å². The molecular weight excluding hydrogens is 162 g/mol. The molecule has 0 radical (unpaired) electrons. The standard InChI is InChI=1S/C10H17N3/c1-8(11)10(4-5-10)7-9-3-6-13(2)12-9/h3,6,8H,4-5,7,11H2,1-2H3. The van der Waals surface area contributed by atoms with Crippen molar-refractivity contribution in [2.24, 2.45) is 18.2 Å². The molecule has 72 valence electrons. The number of aromatic nitrogens is 2. The van der Waals surface area contributed by atoms with Gasteiger partial charge in [0.1, 0.15) is 0 Å². The minimum atomic E-state index is 0.300. The minimum absolute atomic E-state index is 0.300. The van der Waals surface area contributed by atoms with Gasteiger partial charge < -0.3 is 5.73 Å². The van der Waals surface area contributed by atoms with Gasteiger partial charge in [-0.2, -0.15) is 5.10 Å².